The standard InChI is InChI=1S/C22H22N8O2/c23-19(31)16-12-28-22(29-14-2-3-18-17(10-14)24-6-1-9-32-18)30-21(16)27-11-13-4-7-25-20-15(13)5-8-26-20/h2-5,7-8,10,12,24H,1,6,9,11H2,(H2,23,31)(H,25,26)(H2,27,28,29,30). The van der Waals surface area contributed by atoms with E-state index in [0.29, 0.717) is 24.9 Å². The van der Waals surface area contributed by atoms with Gasteiger partial charge in [0.15, 0.2) is 0 Å². The van der Waals surface area contributed by atoms with Crippen LogP contribution in [0.4, 0.5) is 23.1 Å². The molecule has 32 heavy (non-hydrogen) atoms. The summed E-state index contributed by atoms with van der Waals surface area (Å²) >= 11 is 0. The minimum atomic E-state index is -0.605. The number of pyridine rings is 1. The van der Waals surface area contributed by atoms with Crippen molar-refractivity contribution >= 4 is 40.1 Å². The first-order valence-corrected chi connectivity index (χ1v) is 10.3. The van der Waals surface area contributed by atoms with Crippen LogP contribution in [0.1, 0.15) is 22.3 Å². The molecule has 0 spiro atoms. The van der Waals surface area contributed by atoms with Gasteiger partial charge in [0, 0.05) is 42.8 Å². The number of benzene rings is 1. The number of hydrogen-bond donors (Lipinski definition) is 5. The van der Waals surface area contributed by atoms with Crippen LogP contribution in [0.25, 0.3) is 11.0 Å². The monoisotopic (exact) mass is 430 g/mol. The number of primary amides is 1. The maximum Gasteiger partial charge on any atom is 0.254 e. The van der Waals surface area contributed by atoms with Crippen LogP contribution in [0.15, 0.2) is 48.9 Å². The second kappa shape index (κ2) is 8.42. The number of nitrogens with zero attached hydrogens (tertiary/aromatic N) is 3. The van der Waals surface area contributed by atoms with Crippen LogP contribution < -0.4 is 26.4 Å². The first-order valence-electron chi connectivity index (χ1n) is 10.3. The zero-order valence-corrected chi connectivity index (χ0v) is 17.2. The number of amides is 1. The van der Waals surface area contributed by atoms with Gasteiger partial charge in [-0.3, -0.25) is 4.79 Å². The largest absolute Gasteiger partial charge is 0.491 e. The van der Waals surface area contributed by atoms with E-state index in [1.54, 1.807) is 6.20 Å². The van der Waals surface area contributed by atoms with Crippen molar-refractivity contribution in [2.75, 3.05) is 29.1 Å². The molecule has 0 atom stereocenters. The molecule has 0 saturated carbocycles. The normalized spacial score (nSPS) is 12.9. The summed E-state index contributed by atoms with van der Waals surface area (Å²) < 4.78 is 5.72. The second-order valence-corrected chi connectivity index (χ2v) is 7.35. The summed E-state index contributed by atoms with van der Waals surface area (Å²) in [5.74, 6) is 0.904. The highest BCUT2D eigenvalue weighted by atomic mass is 16.5. The fourth-order valence-electron chi connectivity index (χ4n) is 3.59. The third-order valence-electron chi connectivity index (χ3n) is 5.18. The van der Waals surface area contributed by atoms with Gasteiger partial charge in [-0.25, -0.2) is 9.97 Å². The first-order chi connectivity index (χ1) is 15.7. The van der Waals surface area contributed by atoms with Crippen LogP contribution >= 0.6 is 0 Å². The Bertz CT molecular complexity index is 1290. The van der Waals surface area contributed by atoms with Crippen LogP contribution in [0, 0.1) is 0 Å². The minimum absolute atomic E-state index is 0.215. The van der Waals surface area contributed by atoms with Crippen LogP contribution in [-0.2, 0) is 6.54 Å². The molecule has 10 heteroatoms. The van der Waals surface area contributed by atoms with Crippen molar-refractivity contribution in [2.24, 2.45) is 5.73 Å². The Labute approximate surface area is 183 Å². The number of aromatic nitrogens is 4. The molecule has 0 bridgehead atoms. The molecule has 1 aromatic carbocycles. The van der Waals surface area contributed by atoms with Crippen LogP contribution in [0.5, 0.6) is 5.75 Å². The minimum Gasteiger partial charge on any atom is -0.491 e. The number of ether oxygens (including phenoxy) is 1. The fraction of sp³-hybridized carbons (Fsp3) is 0.182. The van der Waals surface area contributed by atoms with Gasteiger partial charge in [0.1, 0.15) is 17.2 Å². The molecular formula is C22H22N8O2. The van der Waals surface area contributed by atoms with Crippen molar-refractivity contribution in [3.8, 4) is 5.75 Å². The van der Waals surface area contributed by atoms with Gasteiger partial charge in [-0.05, 0) is 42.3 Å². The molecule has 0 aliphatic carbocycles. The molecule has 1 aliphatic rings. The van der Waals surface area contributed by atoms with Crippen molar-refractivity contribution in [1.82, 2.24) is 19.9 Å². The molecule has 0 radical (unpaired) electrons. The predicted molar refractivity (Wildman–Crippen MR) is 122 cm³/mol. The van der Waals surface area contributed by atoms with Gasteiger partial charge in [0.05, 0.1) is 17.9 Å². The lowest BCUT2D eigenvalue weighted by molar-refractivity contribution is 0.100. The van der Waals surface area contributed by atoms with E-state index in [2.05, 4.69) is 35.9 Å². The second-order valence-electron chi connectivity index (χ2n) is 7.35. The number of nitrogens with one attached hydrogen (secondary N) is 4. The van der Waals surface area contributed by atoms with Gasteiger partial charge in [-0.2, -0.15) is 4.98 Å². The summed E-state index contributed by atoms with van der Waals surface area (Å²) in [4.78, 5) is 28.0. The van der Waals surface area contributed by atoms with Gasteiger partial charge < -0.3 is 31.4 Å². The molecule has 1 amide bonds. The molecule has 6 N–H and O–H groups in total. The van der Waals surface area contributed by atoms with Crippen molar-refractivity contribution in [3.63, 3.8) is 0 Å². The molecule has 4 aromatic rings. The van der Waals surface area contributed by atoms with E-state index in [1.165, 1.54) is 6.20 Å². The van der Waals surface area contributed by atoms with Crippen molar-refractivity contribution in [1.29, 1.82) is 0 Å². The average molecular weight is 430 g/mol. The smallest absolute Gasteiger partial charge is 0.254 e. The molecule has 162 valence electrons. The van der Waals surface area contributed by atoms with E-state index in [9.17, 15) is 4.79 Å². The van der Waals surface area contributed by atoms with Crippen molar-refractivity contribution in [3.05, 3.63) is 60.0 Å². The highest BCUT2D eigenvalue weighted by molar-refractivity contribution is 5.97. The van der Waals surface area contributed by atoms with Gasteiger partial charge >= 0.3 is 0 Å². The Hall–Kier alpha value is -4.34. The topological polar surface area (TPSA) is 143 Å². The van der Waals surface area contributed by atoms with Gasteiger partial charge in [0.2, 0.25) is 5.95 Å². The zero-order chi connectivity index (χ0) is 21.9. The van der Waals surface area contributed by atoms with E-state index in [0.717, 1.165) is 46.7 Å². The summed E-state index contributed by atoms with van der Waals surface area (Å²) in [6.45, 7) is 1.97. The number of rotatable bonds is 6. The van der Waals surface area contributed by atoms with Crippen molar-refractivity contribution in [2.45, 2.75) is 13.0 Å². The van der Waals surface area contributed by atoms with E-state index in [1.807, 2.05) is 36.5 Å². The van der Waals surface area contributed by atoms with Crippen LogP contribution in [0.2, 0.25) is 0 Å². The number of anilines is 4. The summed E-state index contributed by atoms with van der Waals surface area (Å²) in [5, 5.41) is 10.7. The number of hydrogen-bond acceptors (Lipinski definition) is 8. The average Bonchev–Trinajstić information content (AvgIpc) is 3.16. The number of carbonyl (C=O) groups is 1. The molecule has 3 aromatic heterocycles. The van der Waals surface area contributed by atoms with E-state index in [4.69, 9.17) is 10.5 Å². The van der Waals surface area contributed by atoms with Gasteiger partial charge in [-0.15, -0.1) is 0 Å². The van der Waals surface area contributed by atoms with Gasteiger partial charge in [-0.1, -0.05) is 0 Å². The lowest BCUT2D eigenvalue weighted by Crippen LogP contribution is -2.17. The summed E-state index contributed by atoms with van der Waals surface area (Å²) in [6, 6.07) is 9.61. The molecule has 0 saturated heterocycles. The van der Waals surface area contributed by atoms with Gasteiger partial charge in [0.25, 0.3) is 5.91 Å². The zero-order valence-electron chi connectivity index (χ0n) is 17.2. The van der Waals surface area contributed by atoms with E-state index in [-0.39, 0.29) is 5.56 Å². The molecule has 0 fully saturated rings. The Morgan fingerprint density at radius 1 is 1.22 bits per heavy atom. The van der Waals surface area contributed by atoms with E-state index >= 15 is 0 Å². The quantitative estimate of drug-likeness (QED) is 0.314. The Balaban J connectivity index is 1.39. The highest BCUT2D eigenvalue weighted by Gasteiger charge is 2.14. The molecule has 0 unspecified atom stereocenters. The highest BCUT2D eigenvalue weighted by Crippen LogP contribution is 2.31. The van der Waals surface area contributed by atoms with Crippen molar-refractivity contribution < 1.29 is 9.53 Å². The number of carbonyl (C=O) groups excluding carboxylic acids is 1. The predicted octanol–water partition coefficient (Wildman–Crippen LogP) is 3.00. The molecular weight excluding hydrogens is 408 g/mol. The molecule has 1 aliphatic heterocycles. The fourth-order valence-corrected chi connectivity index (χ4v) is 3.59. The Kier molecular flexibility index (Phi) is 5.16. The Morgan fingerprint density at radius 2 is 2.16 bits per heavy atom. The number of fused-ring (bicyclic) bond motifs is 2. The summed E-state index contributed by atoms with van der Waals surface area (Å²) in [6.07, 6.45) is 5.93. The Morgan fingerprint density at radius 3 is 3.06 bits per heavy atom. The maximum absolute atomic E-state index is 11.9. The molecule has 4 heterocycles. The number of H-pyrrole nitrogens is 1. The number of aromatic amines is 1. The van der Waals surface area contributed by atoms with Crippen LogP contribution in [0.3, 0.4) is 0 Å². The third-order valence-corrected chi connectivity index (χ3v) is 5.18. The lowest BCUT2D eigenvalue weighted by Gasteiger charge is -2.13. The van der Waals surface area contributed by atoms with Crippen LogP contribution in [-0.4, -0.2) is 39.0 Å². The SMILES string of the molecule is NC(=O)c1cnc(Nc2ccc3c(c2)NCCCO3)nc1NCc1ccnc2[nH]ccc12. The molecule has 5 rings (SSSR count). The summed E-state index contributed by atoms with van der Waals surface area (Å²) in [5.41, 5.74) is 9.26. The third kappa shape index (κ3) is 3.97. The summed E-state index contributed by atoms with van der Waals surface area (Å²) in [7, 11) is 0. The number of nitrogens with two attached hydrogens (primary N) is 1. The molecule has 10 nitrogen and oxygen atoms in total. The van der Waals surface area contributed by atoms with E-state index < -0.39 is 5.91 Å². The lowest BCUT2D eigenvalue weighted by atomic mass is 10.2. The first kappa shape index (κ1) is 19.6. The maximum atomic E-state index is 11.9.